The third-order valence-electron chi connectivity index (χ3n) is 3.07. The predicted octanol–water partition coefficient (Wildman–Crippen LogP) is 3.01. The van der Waals surface area contributed by atoms with Crippen LogP contribution in [-0.2, 0) is 13.1 Å². The maximum absolute atomic E-state index is 12.2. The predicted molar refractivity (Wildman–Crippen MR) is 79.7 cm³/mol. The van der Waals surface area contributed by atoms with E-state index in [1.807, 2.05) is 0 Å². The maximum atomic E-state index is 12.2. The van der Waals surface area contributed by atoms with Crippen LogP contribution >= 0.6 is 0 Å². The Labute approximate surface area is 136 Å². The van der Waals surface area contributed by atoms with Gasteiger partial charge in [0.05, 0.1) is 5.56 Å². The van der Waals surface area contributed by atoms with E-state index in [2.05, 4.69) is 10.3 Å². The fraction of sp³-hybridized carbons (Fsp3) is 0.250. The summed E-state index contributed by atoms with van der Waals surface area (Å²) in [5, 5.41) is 11.9. The van der Waals surface area contributed by atoms with Crippen LogP contribution in [0.5, 0.6) is 5.88 Å². The van der Waals surface area contributed by atoms with Crippen LogP contribution in [0, 0.1) is 0 Å². The van der Waals surface area contributed by atoms with Gasteiger partial charge < -0.3 is 15.2 Å². The summed E-state index contributed by atoms with van der Waals surface area (Å²) >= 11 is 0. The number of halogens is 3. The Morgan fingerprint density at radius 1 is 1.17 bits per heavy atom. The Balaban J connectivity index is 1.91. The molecule has 8 heteroatoms. The third kappa shape index (κ3) is 5.54. The molecule has 0 radical (unpaired) electrons. The standard InChI is InChI=1S/C16H15F3N2O3/c17-16(18,19)10-24-14-13(2-1-7-21-14)9-20-8-11-3-5-12(6-4-11)15(22)23/h1-7,20H,8-10H2,(H,22,23). The number of ether oxygens (including phenoxy) is 1. The molecule has 0 saturated heterocycles. The number of rotatable bonds is 7. The van der Waals surface area contributed by atoms with Crippen LogP contribution < -0.4 is 10.1 Å². The van der Waals surface area contributed by atoms with Crippen molar-refractivity contribution >= 4 is 5.97 Å². The molecule has 2 rings (SSSR count). The van der Waals surface area contributed by atoms with Crippen LogP contribution in [-0.4, -0.2) is 28.8 Å². The van der Waals surface area contributed by atoms with E-state index in [4.69, 9.17) is 9.84 Å². The molecule has 128 valence electrons. The second-order valence-corrected chi connectivity index (χ2v) is 4.98. The first-order valence-electron chi connectivity index (χ1n) is 7.01. The number of nitrogens with one attached hydrogen (secondary N) is 1. The molecule has 1 aromatic heterocycles. The molecule has 0 saturated carbocycles. The van der Waals surface area contributed by atoms with Crippen molar-refractivity contribution in [3.8, 4) is 5.88 Å². The fourth-order valence-electron chi connectivity index (χ4n) is 1.95. The number of alkyl halides is 3. The summed E-state index contributed by atoms with van der Waals surface area (Å²) in [6.07, 6.45) is -3.06. The van der Waals surface area contributed by atoms with E-state index in [0.29, 0.717) is 12.1 Å². The number of benzene rings is 1. The Kier molecular flexibility index (Phi) is 5.75. The maximum Gasteiger partial charge on any atom is 0.422 e. The van der Waals surface area contributed by atoms with Crippen LogP contribution in [0.2, 0.25) is 0 Å². The van der Waals surface area contributed by atoms with Gasteiger partial charge in [-0.3, -0.25) is 0 Å². The Morgan fingerprint density at radius 2 is 1.88 bits per heavy atom. The number of carbonyl (C=O) groups is 1. The highest BCUT2D eigenvalue weighted by molar-refractivity contribution is 5.87. The lowest BCUT2D eigenvalue weighted by Crippen LogP contribution is -2.21. The summed E-state index contributed by atoms with van der Waals surface area (Å²) in [4.78, 5) is 14.6. The van der Waals surface area contributed by atoms with Crippen LogP contribution in [0.15, 0.2) is 42.6 Å². The first kappa shape index (κ1) is 17.7. The molecule has 0 amide bonds. The lowest BCUT2D eigenvalue weighted by molar-refractivity contribution is -0.154. The van der Waals surface area contributed by atoms with Crippen molar-refractivity contribution in [1.82, 2.24) is 10.3 Å². The molecular formula is C16H15F3N2O3. The molecule has 2 aromatic rings. The number of carboxylic acids is 1. The van der Waals surface area contributed by atoms with Gasteiger partial charge in [0.15, 0.2) is 6.61 Å². The molecular weight excluding hydrogens is 325 g/mol. The molecule has 0 spiro atoms. The molecule has 5 nitrogen and oxygen atoms in total. The van der Waals surface area contributed by atoms with Crippen LogP contribution in [0.1, 0.15) is 21.5 Å². The average Bonchev–Trinajstić information content (AvgIpc) is 2.53. The molecule has 1 heterocycles. The number of hydrogen-bond donors (Lipinski definition) is 2. The van der Waals surface area contributed by atoms with Gasteiger partial charge in [-0.15, -0.1) is 0 Å². The van der Waals surface area contributed by atoms with E-state index in [0.717, 1.165) is 5.56 Å². The number of aromatic carboxylic acids is 1. The number of pyridine rings is 1. The highest BCUT2D eigenvalue weighted by Crippen LogP contribution is 2.20. The van der Waals surface area contributed by atoms with Crippen molar-refractivity contribution in [3.63, 3.8) is 0 Å². The minimum absolute atomic E-state index is 0.0662. The third-order valence-corrected chi connectivity index (χ3v) is 3.07. The molecule has 0 bridgehead atoms. The van der Waals surface area contributed by atoms with Crippen molar-refractivity contribution in [2.45, 2.75) is 19.3 Å². The number of aromatic nitrogens is 1. The van der Waals surface area contributed by atoms with Crippen molar-refractivity contribution in [1.29, 1.82) is 0 Å². The number of hydrogen-bond acceptors (Lipinski definition) is 4. The first-order valence-corrected chi connectivity index (χ1v) is 7.01. The Bertz CT molecular complexity index is 688. The monoisotopic (exact) mass is 340 g/mol. The topological polar surface area (TPSA) is 71.5 Å². The normalized spacial score (nSPS) is 11.3. The second-order valence-electron chi connectivity index (χ2n) is 4.98. The molecule has 0 aliphatic rings. The smallest absolute Gasteiger partial charge is 0.422 e. The van der Waals surface area contributed by atoms with Crippen molar-refractivity contribution < 1.29 is 27.8 Å². The van der Waals surface area contributed by atoms with Crippen molar-refractivity contribution in [3.05, 3.63) is 59.3 Å². The van der Waals surface area contributed by atoms with Gasteiger partial charge in [-0.1, -0.05) is 18.2 Å². The quantitative estimate of drug-likeness (QED) is 0.811. The van der Waals surface area contributed by atoms with E-state index in [-0.39, 0.29) is 18.0 Å². The lowest BCUT2D eigenvalue weighted by Gasteiger charge is -2.12. The molecule has 0 aliphatic heterocycles. The Hall–Kier alpha value is -2.61. The molecule has 1 aromatic carbocycles. The zero-order valence-electron chi connectivity index (χ0n) is 12.5. The van der Waals surface area contributed by atoms with Crippen molar-refractivity contribution in [2.24, 2.45) is 0 Å². The number of carboxylic acid groups (broad SMARTS) is 1. The zero-order valence-corrected chi connectivity index (χ0v) is 12.5. The molecule has 2 N–H and O–H groups in total. The second kappa shape index (κ2) is 7.78. The SMILES string of the molecule is O=C(O)c1ccc(CNCc2cccnc2OCC(F)(F)F)cc1. The summed E-state index contributed by atoms with van der Waals surface area (Å²) in [6, 6.07) is 9.54. The summed E-state index contributed by atoms with van der Waals surface area (Å²) < 4.78 is 41.4. The van der Waals surface area contributed by atoms with Crippen LogP contribution in [0.3, 0.4) is 0 Å². The van der Waals surface area contributed by atoms with E-state index in [1.54, 1.807) is 24.3 Å². The lowest BCUT2D eigenvalue weighted by atomic mass is 10.1. The molecule has 24 heavy (non-hydrogen) atoms. The molecule has 0 unspecified atom stereocenters. The van der Waals surface area contributed by atoms with Gasteiger partial charge in [-0.2, -0.15) is 13.2 Å². The van der Waals surface area contributed by atoms with Gasteiger partial charge >= 0.3 is 12.1 Å². The van der Waals surface area contributed by atoms with Crippen molar-refractivity contribution in [2.75, 3.05) is 6.61 Å². The van der Waals surface area contributed by atoms with Gasteiger partial charge in [-0.05, 0) is 23.8 Å². The summed E-state index contributed by atoms with van der Waals surface area (Å²) in [5.74, 6) is -1.07. The minimum Gasteiger partial charge on any atom is -0.478 e. The van der Waals surface area contributed by atoms with E-state index in [9.17, 15) is 18.0 Å². The van der Waals surface area contributed by atoms with Gasteiger partial charge in [0.25, 0.3) is 0 Å². The summed E-state index contributed by atoms with van der Waals surface area (Å²) in [7, 11) is 0. The van der Waals surface area contributed by atoms with Crippen LogP contribution in [0.4, 0.5) is 13.2 Å². The van der Waals surface area contributed by atoms with Gasteiger partial charge in [0.1, 0.15) is 0 Å². The van der Waals surface area contributed by atoms with Gasteiger partial charge in [0.2, 0.25) is 5.88 Å². The van der Waals surface area contributed by atoms with Gasteiger partial charge in [0, 0.05) is 24.8 Å². The largest absolute Gasteiger partial charge is 0.478 e. The fourth-order valence-corrected chi connectivity index (χ4v) is 1.95. The number of nitrogens with zero attached hydrogens (tertiary/aromatic N) is 1. The average molecular weight is 340 g/mol. The molecule has 0 fully saturated rings. The van der Waals surface area contributed by atoms with E-state index in [1.165, 1.54) is 18.3 Å². The highest BCUT2D eigenvalue weighted by Gasteiger charge is 2.29. The minimum atomic E-state index is -4.42. The molecule has 0 aliphatic carbocycles. The van der Waals surface area contributed by atoms with Gasteiger partial charge in [-0.25, -0.2) is 9.78 Å². The van der Waals surface area contributed by atoms with Crippen LogP contribution in [0.25, 0.3) is 0 Å². The van der Waals surface area contributed by atoms with E-state index < -0.39 is 18.8 Å². The summed E-state index contributed by atoms with van der Waals surface area (Å²) in [6.45, 7) is -0.705. The first-order chi connectivity index (χ1) is 11.3. The Morgan fingerprint density at radius 3 is 2.50 bits per heavy atom. The highest BCUT2D eigenvalue weighted by atomic mass is 19.4. The zero-order chi connectivity index (χ0) is 17.6. The summed E-state index contributed by atoms with van der Waals surface area (Å²) in [5.41, 5.74) is 1.54. The van der Waals surface area contributed by atoms with E-state index >= 15 is 0 Å². The molecule has 0 atom stereocenters.